The van der Waals surface area contributed by atoms with Crippen LogP contribution in [0.3, 0.4) is 0 Å². The minimum atomic E-state index is 0.143. The Morgan fingerprint density at radius 2 is 2.44 bits per heavy atom. The highest BCUT2D eigenvalue weighted by atomic mass is 79.9. The van der Waals surface area contributed by atoms with E-state index in [1.807, 2.05) is 4.90 Å². The van der Waals surface area contributed by atoms with Crippen molar-refractivity contribution >= 4 is 39.1 Å². The predicted molar refractivity (Wildman–Crippen MR) is 70.0 cm³/mol. The summed E-state index contributed by atoms with van der Waals surface area (Å²) in [5.74, 6) is 1.69. The van der Waals surface area contributed by atoms with E-state index in [9.17, 15) is 0 Å². The molecule has 1 unspecified atom stereocenters. The highest BCUT2D eigenvalue weighted by molar-refractivity contribution is 9.10. The lowest BCUT2D eigenvalue weighted by Gasteiger charge is -2.27. The Morgan fingerprint density at radius 3 is 3.19 bits per heavy atom. The second kappa shape index (κ2) is 3.85. The fraction of sp³-hybridized carbons (Fsp3) is 0.400. The Hall–Kier alpha value is -0.880. The van der Waals surface area contributed by atoms with Gasteiger partial charge in [0.25, 0.3) is 0 Å². The van der Waals surface area contributed by atoms with Gasteiger partial charge in [-0.2, -0.15) is 0 Å². The van der Waals surface area contributed by atoms with Crippen LogP contribution in [0.4, 0.5) is 0 Å². The number of guanidine groups is 1. The maximum Gasteiger partial charge on any atom is 0.197 e. The minimum Gasteiger partial charge on any atom is -0.369 e. The molecule has 0 saturated heterocycles. The molecule has 84 valence electrons. The van der Waals surface area contributed by atoms with Gasteiger partial charge in [-0.15, -0.1) is 11.3 Å². The fourth-order valence-corrected chi connectivity index (χ4v) is 3.51. The zero-order valence-corrected chi connectivity index (χ0v) is 11.0. The van der Waals surface area contributed by atoms with Crippen LogP contribution in [-0.4, -0.2) is 29.8 Å². The topological polar surface area (TPSA) is 54.0 Å². The van der Waals surface area contributed by atoms with E-state index in [1.165, 1.54) is 4.88 Å². The average Bonchev–Trinajstić information content (AvgIpc) is 2.85. The van der Waals surface area contributed by atoms with E-state index >= 15 is 0 Å². The van der Waals surface area contributed by atoms with Gasteiger partial charge >= 0.3 is 0 Å². The largest absolute Gasteiger partial charge is 0.369 e. The second-order valence-corrected chi connectivity index (χ2v) is 5.68. The van der Waals surface area contributed by atoms with Crippen LogP contribution in [-0.2, 0) is 0 Å². The van der Waals surface area contributed by atoms with Crippen LogP contribution in [0, 0.1) is 0 Å². The van der Waals surface area contributed by atoms with Gasteiger partial charge in [-0.1, -0.05) is 0 Å². The maximum absolute atomic E-state index is 5.94. The van der Waals surface area contributed by atoms with Crippen LogP contribution in [0.5, 0.6) is 0 Å². The third kappa shape index (κ3) is 1.66. The molecule has 1 atom stereocenters. The number of hydrogen-bond acceptors (Lipinski definition) is 5. The Kier molecular flexibility index (Phi) is 2.48. The van der Waals surface area contributed by atoms with Crippen LogP contribution in [0.1, 0.15) is 17.3 Å². The van der Waals surface area contributed by atoms with Crippen molar-refractivity contribution in [3.63, 3.8) is 0 Å². The summed E-state index contributed by atoms with van der Waals surface area (Å²) >= 11 is 5.17. The first-order chi connectivity index (χ1) is 7.74. The first-order valence-corrected chi connectivity index (χ1v) is 6.79. The summed E-state index contributed by atoms with van der Waals surface area (Å²) in [5, 5.41) is 2.07. The molecule has 6 heteroatoms. The highest BCUT2D eigenvalue weighted by Gasteiger charge is 2.29. The third-order valence-corrected chi connectivity index (χ3v) is 4.58. The molecule has 2 aliphatic heterocycles. The molecule has 0 saturated carbocycles. The summed E-state index contributed by atoms with van der Waals surface area (Å²) in [6.45, 7) is 1.72. The van der Waals surface area contributed by atoms with E-state index in [4.69, 9.17) is 5.73 Å². The van der Waals surface area contributed by atoms with Crippen LogP contribution < -0.4 is 5.73 Å². The fourth-order valence-electron chi connectivity index (χ4n) is 2.03. The molecule has 2 N–H and O–H groups in total. The standard InChI is InChI=1S/C10H11BrN4S/c11-6-3-8(16-5-6)7-4-9-13-1-2-15(9)10(12)14-7/h3,5,7H,1-2,4H2,(H2,12,14). The first kappa shape index (κ1) is 10.3. The third-order valence-electron chi connectivity index (χ3n) is 2.79. The number of halogens is 1. The highest BCUT2D eigenvalue weighted by Crippen LogP contribution is 2.33. The Labute approximate surface area is 106 Å². The Bertz CT molecular complexity index is 479. The van der Waals surface area contributed by atoms with Gasteiger partial charge in [-0.05, 0) is 22.0 Å². The monoisotopic (exact) mass is 298 g/mol. The molecule has 3 rings (SSSR count). The molecule has 1 aromatic rings. The van der Waals surface area contributed by atoms with E-state index < -0.39 is 0 Å². The van der Waals surface area contributed by atoms with E-state index in [1.54, 1.807) is 11.3 Å². The SMILES string of the molecule is NC1=NC(c2cc(Br)cs2)CC2=NCCN12. The summed E-state index contributed by atoms with van der Waals surface area (Å²) in [7, 11) is 0. The number of fused-ring (bicyclic) bond motifs is 1. The zero-order chi connectivity index (χ0) is 11.1. The molecular formula is C10H11BrN4S. The number of aliphatic imine (C=N–C) groups is 2. The molecule has 2 aliphatic rings. The quantitative estimate of drug-likeness (QED) is 0.862. The summed E-state index contributed by atoms with van der Waals surface area (Å²) in [4.78, 5) is 12.3. The molecule has 4 nitrogen and oxygen atoms in total. The number of nitrogens with zero attached hydrogens (tertiary/aromatic N) is 3. The van der Waals surface area contributed by atoms with Crippen molar-refractivity contribution in [2.24, 2.45) is 15.7 Å². The van der Waals surface area contributed by atoms with Gasteiger partial charge in [0.05, 0.1) is 12.6 Å². The number of nitrogens with two attached hydrogens (primary N) is 1. The summed E-state index contributed by atoms with van der Waals surface area (Å²) in [5.41, 5.74) is 5.94. The summed E-state index contributed by atoms with van der Waals surface area (Å²) in [6.07, 6.45) is 0.869. The molecule has 1 aromatic heterocycles. The van der Waals surface area contributed by atoms with Crippen LogP contribution in [0.2, 0.25) is 0 Å². The van der Waals surface area contributed by atoms with Crippen molar-refractivity contribution in [3.8, 4) is 0 Å². The van der Waals surface area contributed by atoms with E-state index in [-0.39, 0.29) is 6.04 Å². The van der Waals surface area contributed by atoms with Crippen LogP contribution in [0.25, 0.3) is 0 Å². The Morgan fingerprint density at radius 1 is 1.56 bits per heavy atom. The summed E-state index contributed by atoms with van der Waals surface area (Å²) < 4.78 is 1.11. The van der Waals surface area contributed by atoms with Gasteiger partial charge in [0, 0.05) is 27.7 Å². The average molecular weight is 299 g/mol. The molecule has 0 aliphatic carbocycles. The smallest absolute Gasteiger partial charge is 0.197 e. The maximum atomic E-state index is 5.94. The first-order valence-electron chi connectivity index (χ1n) is 5.12. The molecule has 0 fully saturated rings. The van der Waals surface area contributed by atoms with Crippen molar-refractivity contribution in [1.82, 2.24) is 4.90 Å². The van der Waals surface area contributed by atoms with Gasteiger partial charge in [0.15, 0.2) is 5.96 Å². The summed E-state index contributed by atoms with van der Waals surface area (Å²) in [6, 6.07) is 2.25. The van der Waals surface area contributed by atoms with Gasteiger partial charge in [0.1, 0.15) is 5.84 Å². The molecule has 3 heterocycles. The van der Waals surface area contributed by atoms with E-state index in [2.05, 4.69) is 37.4 Å². The van der Waals surface area contributed by atoms with Gasteiger partial charge in [-0.25, -0.2) is 4.99 Å². The molecule has 0 radical (unpaired) electrons. The molecule has 0 bridgehead atoms. The van der Waals surface area contributed by atoms with Gasteiger partial charge in [0.2, 0.25) is 0 Å². The van der Waals surface area contributed by atoms with Crippen LogP contribution in [0.15, 0.2) is 25.9 Å². The van der Waals surface area contributed by atoms with Crippen molar-refractivity contribution in [3.05, 3.63) is 20.8 Å². The van der Waals surface area contributed by atoms with Crippen molar-refractivity contribution in [1.29, 1.82) is 0 Å². The molecule has 0 amide bonds. The number of thiophene rings is 1. The van der Waals surface area contributed by atoms with Crippen LogP contribution >= 0.6 is 27.3 Å². The molecule has 0 aromatic carbocycles. The number of hydrogen-bond donors (Lipinski definition) is 1. The number of rotatable bonds is 1. The normalized spacial score (nSPS) is 24.1. The minimum absolute atomic E-state index is 0.143. The van der Waals surface area contributed by atoms with Crippen molar-refractivity contribution in [2.45, 2.75) is 12.5 Å². The molecular weight excluding hydrogens is 288 g/mol. The molecule has 0 spiro atoms. The van der Waals surface area contributed by atoms with E-state index in [0.29, 0.717) is 5.96 Å². The zero-order valence-electron chi connectivity index (χ0n) is 8.56. The number of amidine groups is 1. The predicted octanol–water partition coefficient (Wildman–Crippen LogP) is 1.98. The van der Waals surface area contributed by atoms with Crippen molar-refractivity contribution < 1.29 is 0 Å². The second-order valence-electron chi connectivity index (χ2n) is 3.82. The Balaban J connectivity index is 1.93. The van der Waals surface area contributed by atoms with Gasteiger partial charge in [-0.3, -0.25) is 9.89 Å². The molecule has 16 heavy (non-hydrogen) atoms. The lowest BCUT2D eigenvalue weighted by Crippen LogP contribution is -2.43. The van der Waals surface area contributed by atoms with Gasteiger partial charge < -0.3 is 5.73 Å². The van der Waals surface area contributed by atoms with Crippen molar-refractivity contribution in [2.75, 3.05) is 13.1 Å². The lowest BCUT2D eigenvalue weighted by molar-refractivity contribution is 0.583. The lowest BCUT2D eigenvalue weighted by atomic mass is 10.1. The van der Waals surface area contributed by atoms with E-state index in [0.717, 1.165) is 29.8 Å².